The summed E-state index contributed by atoms with van der Waals surface area (Å²) in [4.78, 5) is 12.8. The quantitative estimate of drug-likeness (QED) is 0.527. The van der Waals surface area contributed by atoms with E-state index in [-0.39, 0.29) is 11.4 Å². The number of amides is 1. The molecule has 1 atom stereocenters. The molecular weight excluding hydrogens is 397 g/mol. The normalized spacial score (nSPS) is 12.5. The van der Waals surface area contributed by atoms with Gasteiger partial charge in [0, 0.05) is 0 Å². The average Bonchev–Trinajstić information content (AvgIpc) is 3.44. The van der Waals surface area contributed by atoms with Gasteiger partial charge in [-0.1, -0.05) is 47.7 Å². The van der Waals surface area contributed by atoms with E-state index in [0.717, 1.165) is 22.5 Å². The highest BCUT2D eigenvalue weighted by Crippen LogP contribution is 2.33. The molecule has 30 heavy (non-hydrogen) atoms. The van der Waals surface area contributed by atoms with Gasteiger partial charge in [-0.05, 0) is 29.8 Å². The van der Waals surface area contributed by atoms with Gasteiger partial charge in [-0.3, -0.25) is 4.79 Å². The van der Waals surface area contributed by atoms with Crippen molar-refractivity contribution in [1.82, 2.24) is 20.3 Å². The molecule has 0 aliphatic rings. The van der Waals surface area contributed by atoms with Crippen LogP contribution in [-0.2, 0) is 6.18 Å². The van der Waals surface area contributed by atoms with Gasteiger partial charge in [-0.15, -0.1) is 5.10 Å². The number of halogens is 3. The van der Waals surface area contributed by atoms with Crippen LogP contribution >= 0.6 is 0 Å². The average molecular weight is 412 g/mol. The minimum Gasteiger partial charge on any atom is -0.467 e. The lowest BCUT2D eigenvalue weighted by Gasteiger charge is -2.16. The number of hydrogen-bond acceptors (Lipinski definition) is 4. The first-order valence-corrected chi connectivity index (χ1v) is 8.91. The van der Waals surface area contributed by atoms with Gasteiger partial charge in [0.2, 0.25) is 0 Å². The molecule has 1 unspecified atom stereocenters. The second-order valence-electron chi connectivity index (χ2n) is 6.40. The van der Waals surface area contributed by atoms with Gasteiger partial charge < -0.3 is 9.73 Å². The van der Waals surface area contributed by atoms with E-state index < -0.39 is 23.7 Å². The Morgan fingerprint density at radius 2 is 1.73 bits per heavy atom. The molecule has 1 amide bonds. The van der Waals surface area contributed by atoms with Crippen molar-refractivity contribution in [2.45, 2.75) is 12.2 Å². The molecule has 0 fully saturated rings. The molecule has 0 aliphatic heterocycles. The molecule has 2 aromatic carbocycles. The van der Waals surface area contributed by atoms with Gasteiger partial charge in [0.05, 0.1) is 23.7 Å². The van der Waals surface area contributed by atoms with Crippen molar-refractivity contribution in [2.24, 2.45) is 0 Å². The minimum atomic E-state index is -4.57. The summed E-state index contributed by atoms with van der Waals surface area (Å²) in [7, 11) is 0. The molecular formula is C21H15F3N4O2. The fraction of sp³-hybridized carbons (Fsp3) is 0.0952. The number of furan rings is 1. The van der Waals surface area contributed by atoms with E-state index in [1.54, 1.807) is 12.1 Å². The van der Waals surface area contributed by atoms with Gasteiger partial charge in [-0.2, -0.15) is 13.2 Å². The molecule has 0 spiro atoms. The zero-order valence-corrected chi connectivity index (χ0v) is 15.4. The molecule has 0 saturated carbocycles. The van der Waals surface area contributed by atoms with Crippen LogP contribution in [0.25, 0.3) is 5.69 Å². The van der Waals surface area contributed by atoms with Crippen molar-refractivity contribution in [2.75, 3.05) is 0 Å². The van der Waals surface area contributed by atoms with Gasteiger partial charge in [-0.25, -0.2) is 4.68 Å². The molecule has 152 valence electrons. The van der Waals surface area contributed by atoms with Crippen molar-refractivity contribution >= 4 is 5.91 Å². The van der Waals surface area contributed by atoms with E-state index in [1.165, 1.54) is 24.5 Å². The molecule has 2 aromatic heterocycles. The number of nitrogens with one attached hydrogen (secondary N) is 1. The third kappa shape index (κ3) is 3.95. The monoisotopic (exact) mass is 412 g/mol. The lowest BCUT2D eigenvalue weighted by Crippen LogP contribution is -2.29. The molecule has 1 N–H and O–H groups in total. The number of carbonyl (C=O) groups excluding carboxylic acids is 1. The van der Waals surface area contributed by atoms with Gasteiger partial charge in [0.15, 0.2) is 5.69 Å². The molecule has 4 rings (SSSR count). The number of aromatic nitrogens is 3. The number of carbonyl (C=O) groups is 1. The molecule has 0 bridgehead atoms. The number of para-hydroxylation sites is 1. The Labute approximate surface area is 168 Å². The molecule has 6 nitrogen and oxygen atoms in total. The maximum absolute atomic E-state index is 13.3. The Bertz CT molecular complexity index is 1140. The Morgan fingerprint density at radius 3 is 2.43 bits per heavy atom. The Morgan fingerprint density at radius 1 is 1.00 bits per heavy atom. The summed E-state index contributed by atoms with van der Waals surface area (Å²) in [5.74, 6) is -0.0969. The lowest BCUT2D eigenvalue weighted by atomic mass is 10.0. The Kier molecular flexibility index (Phi) is 5.09. The zero-order valence-electron chi connectivity index (χ0n) is 15.4. The molecule has 2 heterocycles. The highest BCUT2D eigenvalue weighted by atomic mass is 19.4. The SMILES string of the molecule is O=C(NC(c1ccccc1)c1ccco1)c1cn(-c2ccccc2C(F)(F)F)nn1. The van der Waals surface area contributed by atoms with E-state index in [4.69, 9.17) is 4.42 Å². The van der Waals surface area contributed by atoms with Gasteiger partial charge in [0.1, 0.15) is 11.8 Å². The van der Waals surface area contributed by atoms with Crippen LogP contribution in [0.15, 0.2) is 83.6 Å². The summed E-state index contributed by atoms with van der Waals surface area (Å²) in [5.41, 5.74) is -0.447. The highest BCUT2D eigenvalue weighted by molar-refractivity contribution is 5.92. The number of hydrogen-bond donors (Lipinski definition) is 1. The second kappa shape index (κ2) is 7.86. The van der Waals surface area contributed by atoms with Gasteiger partial charge in [0.25, 0.3) is 5.91 Å². The fourth-order valence-corrected chi connectivity index (χ4v) is 3.02. The van der Waals surface area contributed by atoms with Crippen LogP contribution in [-0.4, -0.2) is 20.9 Å². The number of rotatable bonds is 5. The van der Waals surface area contributed by atoms with Gasteiger partial charge >= 0.3 is 6.18 Å². The van der Waals surface area contributed by atoms with Crippen molar-refractivity contribution in [3.8, 4) is 5.69 Å². The van der Waals surface area contributed by atoms with Crippen molar-refractivity contribution in [3.63, 3.8) is 0 Å². The predicted molar refractivity (Wildman–Crippen MR) is 101 cm³/mol. The van der Waals surface area contributed by atoms with Crippen LogP contribution < -0.4 is 5.32 Å². The summed E-state index contributed by atoms with van der Waals surface area (Å²) in [6.07, 6.45) is -1.92. The maximum Gasteiger partial charge on any atom is 0.418 e. The first kappa shape index (κ1) is 19.4. The molecule has 0 radical (unpaired) electrons. The first-order valence-electron chi connectivity index (χ1n) is 8.91. The van der Waals surface area contributed by atoms with Crippen LogP contribution in [0.3, 0.4) is 0 Å². The standard InChI is InChI=1S/C21H15F3N4O2/c22-21(23,24)15-9-4-5-10-17(15)28-13-16(26-27-28)20(29)25-19(18-11-6-12-30-18)14-7-2-1-3-8-14/h1-13,19H,(H,25,29). The summed E-state index contributed by atoms with van der Waals surface area (Å²) < 4.78 is 46.2. The van der Waals surface area contributed by atoms with E-state index in [1.807, 2.05) is 30.3 Å². The Hall–Kier alpha value is -3.88. The molecule has 4 aromatic rings. The third-order valence-corrected chi connectivity index (χ3v) is 4.42. The largest absolute Gasteiger partial charge is 0.467 e. The van der Waals surface area contributed by atoms with E-state index in [0.29, 0.717) is 5.76 Å². The molecule has 0 aliphatic carbocycles. The fourth-order valence-electron chi connectivity index (χ4n) is 3.02. The summed E-state index contributed by atoms with van der Waals surface area (Å²) in [6, 6.07) is 16.9. The second-order valence-corrected chi connectivity index (χ2v) is 6.40. The maximum atomic E-state index is 13.3. The number of alkyl halides is 3. The minimum absolute atomic E-state index is 0.125. The van der Waals surface area contributed by atoms with Crippen molar-refractivity contribution in [3.05, 3.63) is 102 Å². The van der Waals surface area contributed by atoms with Crippen LogP contribution in [0.2, 0.25) is 0 Å². The summed E-state index contributed by atoms with van der Waals surface area (Å²) in [5, 5.41) is 10.2. The molecule has 0 saturated heterocycles. The summed E-state index contributed by atoms with van der Waals surface area (Å²) in [6.45, 7) is 0. The third-order valence-electron chi connectivity index (χ3n) is 4.42. The van der Waals surface area contributed by atoms with Crippen molar-refractivity contribution < 1.29 is 22.4 Å². The zero-order chi connectivity index (χ0) is 21.1. The topological polar surface area (TPSA) is 73.0 Å². The van der Waals surface area contributed by atoms with Crippen LogP contribution in [0.5, 0.6) is 0 Å². The Balaban J connectivity index is 1.62. The lowest BCUT2D eigenvalue weighted by molar-refractivity contribution is -0.137. The smallest absolute Gasteiger partial charge is 0.418 e. The number of nitrogens with zero attached hydrogens (tertiary/aromatic N) is 3. The number of benzene rings is 2. The first-order chi connectivity index (χ1) is 14.4. The van der Waals surface area contributed by atoms with E-state index in [9.17, 15) is 18.0 Å². The molecule has 9 heteroatoms. The van der Waals surface area contributed by atoms with E-state index in [2.05, 4.69) is 15.6 Å². The van der Waals surface area contributed by atoms with Crippen LogP contribution in [0.1, 0.15) is 33.4 Å². The van der Waals surface area contributed by atoms with Crippen LogP contribution in [0, 0.1) is 0 Å². The summed E-state index contributed by atoms with van der Waals surface area (Å²) >= 11 is 0. The predicted octanol–water partition coefficient (Wildman–Crippen LogP) is 4.40. The van der Waals surface area contributed by atoms with Crippen LogP contribution in [0.4, 0.5) is 13.2 Å². The van der Waals surface area contributed by atoms with Crippen molar-refractivity contribution in [1.29, 1.82) is 0 Å². The van der Waals surface area contributed by atoms with E-state index >= 15 is 0 Å². The highest BCUT2D eigenvalue weighted by Gasteiger charge is 2.34.